The molecule has 0 radical (unpaired) electrons. The molecule has 12 heavy (non-hydrogen) atoms. The number of carboxylic acid groups (broad SMARTS) is 1. The van der Waals surface area contributed by atoms with Crippen LogP contribution in [0.2, 0.25) is 0 Å². The number of nitrogens with zero attached hydrogens (tertiary/aromatic N) is 1. The van der Waals surface area contributed by atoms with E-state index in [1.54, 1.807) is 6.92 Å². The van der Waals surface area contributed by atoms with Gasteiger partial charge in [-0.15, -0.1) is 0 Å². The molecule has 1 rings (SSSR count). The first-order valence-electron chi connectivity index (χ1n) is 3.30. The molecular weight excluding hydrogens is 158 g/mol. The molecule has 62 valence electrons. The summed E-state index contributed by atoms with van der Waals surface area (Å²) in [7, 11) is 0. The van der Waals surface area contributed by atoms with Gasteiger partial charge in [0.25, 0.3) is 0 Å². The second kappa shape index (κ2) is 3.13. The smallest absolute Gasteiger partial charge is 0.336 e. The van der Waals surface area contributed by atoms with Crippen molar-refractivity contribution in [1.82, 2.24) is 4.98 Å². The van der Waals surface area contributed by atoms with Gasteiger partial charge in [-0.05, 0) is 18.6 Å². The lowest BCUT2D eigenvalue weighted by molar-refractivity contribution is 0.0696. The molecule has 0 amide bonds. The second-order valence-corrected chi connectivity index (χ2v) is 2.35. The standard InChI is InChI=1S/C8H7NO3/c1-5-3-9-6(4-10)2-7(5)8(11)12/h2-4H,1H3,(H,11,12). The van der Waals surface area contributed by atoms with Crippen molar-refractivity contribution < 1.29 is 14.7 Å². The molecular formula is C8H7NO3. The minimum atomic E-state index is -1.04. The van der Waals surface area contributed by atoms with Crippen LogP contribution >= 0.6 is 0 Å². The summed E-state index contributed by atoms with van der Waals surface area (Å²) in [4.78, 5) is 24.5. The summed E-state index contributed by atoms with van der Waals surface area (Å²) in [5, 5.41) is 8.64. The van der Waals surface area contributed by atoms with E-state index >= 15 is 0 Å². The van der Waals surface area contributed by atoms with Crippen LogP contribution < -0.4 is 0 Å². The Kier molecular flexibility index (Phi) is 2.19. The van der Waals surface area contributed by atoms with E-state index in [2.05, 4.69) is 4.98 Å². The van der Waals surface area contributed by atoms with Crippen molar-refractivity contribution in [1.29, 1.82) is 0 Å². The lowest BCUT2D eigenvalue weighted by atomic mass is 10.1. The molecule has 0 fully saturated rings. The van der Waals surface area contributed by atoms with Crippen LogP contribution in [0.3, 0.4) is 0 Å². The number of rotatable bonds is 2. The number of pyridine rings is 1. The number of carboxylic acids is 1. The molecule has 0 atom stereocenters. The van der Waals surface area contributed by atoms with Gasteiger partial charge in [0.05, 0.1) is 5.56 Å². The summed E-state index contributed by atoms with van der Waals surface area (Å²) >= 11 is 0. The van der Waals surface area contributed by atoms with Crippen molar-refractivity contribution in [3.05, 3.63) is 29.1 Å². The van der Waals surface area contributed by atoms with Gasteiger partial charge in [-0.3, -0.25) is 9.78 Å². The van der Waals surface area contributed by atoms with Crippen molar-refractivity contribution >= 4 is 12.3 Å². The third kappa shape index (κ3) is 1.47. The fraction of sp³-hybridized carbons (Fsp3) is 0.125. The summed E-state index contributed by atoms with van der Waals surface area (Å²) in [6.07, 6.45) is 1.89. The van der Waals surface area contributed by atoms with Gasteiger partial charge in [0.15, 0.2) is 6.29 Å². The SMILES string of the molecule is Cc1cnc(C=O)cc1C(=O)O. The Morgan fingerprint density at radius 1 is 1.67 bits per heavy atom. The summed E-state index contributed by atoms with van der Waals surface area (Å²) in [5.41, 5.74) is 0.804. The average molecular weight is 165 g/mol. The van der Waals surface area contributed by atoms with Crippen LogP contribution in [0.5, 0.6) is 0 Å². The van der Waals surface area contributed by atoms with E-state index in [4.69, 9.17) is 5.11 Å². The number of hydrogen-bond acceptors (Lipinski definition) is 3. The molecule has 4 nitrogen and oxygen atoms in total. The van der Waals surface area contributed by atoms with E-state index in [1.165, 1.54) is 12.3 Å². The van der Waals surface area contributed by atoms with E-state index in [9.17, 15) is 9.59 Å². The van der Waals surface area contributed by atoms with E-state index < -0.39 is 5.97 Å². The minimum Gasteiger partial charge on any atom is -0.478 e. The zero-order valence-corrected chi connectivity index (χ0v) is 6.44. The third-order valence-corrected chi connectivity index (χ3v) is 1.48. The molecule has 0 saturated carbocycles. The zero-order valence-electron chi connectivity index (χ0n) is 6.44. The zero-order chi connectivity index (χ0) is 9.14. The molecule has 0 unspecified atom stereocenters. The fourth-order valence-corrected chi connectivity index (χ4v) is 0.835. The number of aryl methyl sites for hydroxylation is 1. The summed E-state index contributed by atoms with van der Waals surface area (Å²) in [6.45, 7) is 1.63. The number of carbonyl (C=O) groups is 2. The van der Waals surface area contributed by atoms with Gasteiger partial charge in [0.1, 0.15) is 5.69 Å². The van der Waals surface area contributed by atoms with Crippen LogP contribution in [0.15, 0.2) is 12.3 Å². The van der Waals surface area contributed by atoms with Gasteiger partial charge in [0.2, 0.25) is 0 Å². The van der Waals surface area contributed by atoms with E-state index in [0.29, 0.717) is 11.8 Å². The molecule has 1 aromatic rings. The quantitative estimate of drug-likeness (QED) is 0.661. The first-order chi connectivity index (χ1) is 5.65. The Morgan fingerprint density at radius 3 is 2.83 bits per heavy atom. The third-order valence-electron chi connectivity index (χ3n) is 1.48. The first-order valence-corrected chi connectivity index (χ1v) is 3.30. The molecule has 0 spiro atoms. The number of aromatic carboxylic acids is 1. The van der Waals surface area contributed by atoms with Gasteiger partial charge >= 0.3 is 5.97 Å². The summed E-state index contributed by atoms with van der Waals surface area (Å²) in [6, 6.07) is 1.25. The largest absolute Gasteiger partial charge is 0.478 e. The van der Waals surface area contributed by atoms with Crippen LogP contribution in [0.1, 0.15) is 26.4 Å². The van der Waals surface area contributed by atoms with Crippen LogP contribution in [0.4, 0.5) is 0 Å². The van der Waals surface area contributed by atoms with Crippen LogP contribution in [0.25, 0.3) is 0 Å². The van der Waals surface area contributed by atoms with Gasteiger partial charge in [-0.2, -0.15) is 0 Å². The lowest BCUT2D eigenvalue weighted by Gasteiger charge is -1.98. The van der Waals surface area contributed by atoms with Crippen LogP contribution in [-0.2, 0) is 0 Å². The highest BCUT2D eigenvalue weighted by Gasteiger charge is 2.07. The molecule has 0 saturated heterocycles. The number of aromatic nitrogens is 1. The highest BCUT2D eigenvalue weighted by Crippen LogP contribution is 2.06. The van der Waals surface area contributed by atoms with E-state index in [1.807, 2.05) is 0 Å². The van der Waals surface area contributed by atoms with E-state index in [-0.39, 0.29) is 11.3 Å². The van der Waals surface area contributed by atoms with Crippen LogP contribution in [-0.4, -0.2) is 22.3 Å². The molecule has 4 heteroatoms. The van der Waals surface area contributed by atoms with Crippen molar-refractivity contribution in [3.63, 3.8) is 0 Å². The Hall–Kier alpha value is -1.71. The Morgan fingerprint density at radius 2 is 2.33 bits per heavy atom. The van der Waals surface area contributed by atoms with Gasteiger partial charge < -0.3 is 5.11 Å². The molecule has 0 bridgehead atoms. The molecule has 0 aliphatic carbocycles. The monoisotopic (exact) mass is 165 g/mol. The number of aldehydes is 1. The predicted molar refractivity (Wildman–Crippen MR) is 41.3 cm³/mol. The number of hydrogen-bond donors (Lipinski definition) is 1. The fourth-order valence-electron chi connectivity index (χ4n) is 0.835. The molecule has 0 aromatic carbocycles. The lowest BCUT2D eigenvalue weighted by Crippen LogP contribution is -2.02. The van der Waals surface area contributed by atoms with Crippen molar-refractivity contribution in [2.75, 3.05) is 0 Å². The Labute approximate surface area is 68.9 Å². The van der Waals surface area contributed by atoms with Crippen molar-refractivity contribution in [2.24, 2.45) is 0 Å². The molecule has 0 aliphatic rings. The Bertz CT molecular complexity index is 333. The minimum absolute atomic E-state index is 0.118. The van der Waals surface area contributed by atoms with Gasteiger partial charge in [-0.1, -0.05) is 0 Å². The summed E-state index contributed by atoms with van der Waals surface area (Å²) in [5.74, 6) is -1.04. The Balaban J connectivity index is 3.25. The maximum absolute atomic E-state index is 10.5. The maximum atomic E-state index is 10.5. The molecule has 1 N–H and O–H groups in total. The highest BCUT2D eigenvalue weighted by molar-refractivity contribution is 5.90. The molecule has 0 aliphatic heterocycles. The van der Waals surface area contributed by atoms with Crippen molar-refractivity contribution in [3.8, 4) is 0 Å². The topological polar surface area (TPSA) is 67.3 Å². The molecule has 1 heterocycles. The highest BCUT2D eigenvalue weighted by atomic mass is 16.4. The summed E-state index contributed by atoms with van der Waals surface area (Å²) < 4.78 is 0. The number of carbonyl (C=O) groups excluding carboxylic acids is 1. The van der Waals surface area contributed by atoms with Crippen molar-refractivity contribution in [2.45, 2.75) is 6.92 Å². The van der Waals surface area contributed by atoms with Crippen LogP contribution in [0, 0.1) is 6.92 Å². The maximum Gasteiger partial charge on any atom is 0.336 e. The normalized spacial score (nSPS) is 9.42. The van der Waals surface area contributed by atoms with E-state index in [0.717, 1.165) is 0 Å². The predicted octanol–water partition coefficient (Wildman–Crippen LogP) is 0.901. The second-order valence-electron chi connectivity index (χ2n) is 2.35. The molecule has 1 aromatic heterocycles. The van der Waals surface area contributed by atoms with Gasteiger partial charge in [-0.25, -0.2) is 4.79 Å². The first kappa shape index (κ1) is 8.39. The van der Waals surface area contributed by atoms with Gasteiger partial charge in [0, 0.05) is 6.20 Å². The average Bonchev–Trinajstić information content (AvgIpc) is 2.05.